The molecule has 0 amide bonds. The highest BCUT2D eigenvalue weighted by Gasteiger charge is 2.36. The molecule has 0 spiro atoms. The summed E-state index contributed by atoms with van der Waals surface area (Å²) in [6, 6.07) is 1.50. The van der Waals surface area contributed by atoms with Gasteiger partial charge in [-0.3, -0.25) is 4.79 Å². The largest absolute Gasteiger partial charge is 0.481 e. The fraction of sp³-hybridized carbons (Fsp3) is 0.500. The summed E-state index contributed by atoms with van der Waals surface area (Å²) in [5.41, 5.74) is 6.12. The molecule has 0 aliphatic rings. The number of aliphatic carboxylic acids is 1. The van der Waals surface area contributed by atoms with E-state index >= 15 is 0 Å². The van der Waals surface area contributed by atoms with E-state index in [9.17, 15) is 4.79 Å². The van der Waals surface area contributed by atoms with Gasteiger partial charge in [-0.25, -0.2) is 0 Å². The van der Waals surface area contributed by atoms with Crippen molar-refractivity contribution in [3.8, 4) is 0 Å². The molecule has 0 radical (unpaired) electrons. The first-order valence-electron chi connectivity index (χ1n) is 4.39. The van der Waals surface area contributed by atoms with E-state index in [1.54, 1.807) is 13.8 Å². The van der Waals surface area contributed by atoms with Crippen LogP contribution in [0.4, 0.5) is 0 Å². The van der Waals surface area contributed by atoms with E-state index in [4.69, 9.17) is 10.8 Å². The minimum atomic E-state index is -0.919. The zero-order chi connectivity index (χ0) is 10.9. The predicted octanol–water partition coefficient (Wildman–Crippen LogP) is 2.17. The van der Waals surface area contributed by atoms with E-state index in [0.717, 1.165) is 10.4 Å². The summed E-state index contributed by atoms with van der Waals surface area (Å²) in [6.45, 7) is 5.27. The minimum absolute atomic E-state index is 0.446. The van der Waals surface area contributed by atoms with Crippen LogP contribution in [0, 0.1) is 12.3 Å². The molecule has 0 aromatic carbocycles. The van der Waals surface area contributed by atoms with Crippen LogP contribution in [0.2, 0.25) is 0 Å². The highest BCUT2D eigenvalue weighted by molar-refractivity contribution is 7.10. The van der Waals surface area contributed by atoms with E-state index in [-0.39, 0.29) is 0 Å². The molecular formula is C10H15NO2S. The van der Waals surface area contributed by atoms with Crippen LogP contribution in [0.25, 0.3) is 0 Å². The lowest BCUT2D eigenvalue weighted by Gasteiger charge is -2.25. The number of nitrogens with two attached hydrogens (primary N) is 1. The second-order valence-corrected chi connectivity index (χ2v) is 4.97. The summed E-state index contributed by atoms with van der Waals surface area (Å²) in [7, 11) is 0. The van der Waals surface area contributed by atoms with Crippen molar-refractivity contribution >= 4 is 17.3 Å². The topological polar surface area (TPSA) is 63.3 Å². The van der Waals surface area contributed by atoms with E-state index in [2.05, 4.69) is 0 Å². The Hall–Kier alpha value is -0.870. The third-order valence-corrected chi connectivity index (χ3v) is 3.52. The Labute approximate surface area is 87.6 Å². The van der Waals surface area contributed by atoms with E-state index < -0.39 is 17.4 Å². The summed E-state index contributed by atoms with van der Waals surface area (Å²) in [5.74, 6) is -0.865. The van der Waals surface area contributed by atoms with Crippen LogP contribution >= 0.6 is 11.3 Å². The van der Waals surface area contributed by atoms with Gasteiger partial charge in [0.2, 0.25) is 0 Å². The molecular weight excluding hydrogens is 198 g/mol. The van der Waals surface area contributed by atoms with Gasteiger partial charge in [-0.2, -0.15) is 0 Å². The minimum Gasteiger partial charge on any atom is -0.481 e. The lowest BCUT2D eigenvalue weighted by atomic mass is 9.84. The first-order valence-corrected chi connectivity index (χ1v) is 5.27. The molecule has 3 nitrogen and oxygen atoms in total. The summed E-state index contributed by atoms with van der Waals surface area (Å²) in [6.07, 6.45) is 0. The summed E-state index contributed by atoms with van der Waals surface area (Å²) < 4.78 is 0. The highest BCUT2D eigenvalue weighted by atomic mass is 32.1. The van der Waals surface area contributed by atoms with E-state index in [1.807, 2.05) is 18.4 Å². The smallest absolute Gasteiger partial charge is 0.311 e. The maximum absolute atomic E-state index is 11.0. The van der Waals surface area contributed by atoms with Crippen molar-refractivity contribution < 1.29 is 9.90 Å². The number of hydrogen-bond acceptors (Lipinski definition) is 3. The lowest BCUT2D eigenvalue weighted by molar-refractivity contribution is -0.148. The SMILES string of the molecule is Cc1csc([C@@H](N)C(C)(C)C(=O)O)c1. The molecule has 1 aromatic rings. The van der Waals surface area contributed by atoms with Gasteiger partial charge >= 0.3 is 5.97 Å². The fourth-order valence-electron chi connectivity index (χ4n) is 1.11. The van der Waals surface area contributed by atoms with Crippen molar-refractivity contribution in [2.45, 2.75) is 26.8 Å². The second kappa shape index (κ2) is 3.71. The molecule has 78 valence electrons. The van der Waals surface area contributed by atoms with Gasteiger partial charge in [0, 0.05) is 4.88 Å². The summed E-state index contributed by atoms with van der Waals surface area (Å²) in [5, 5.41) is 11.0. The zero-order valence-electron chi connectivity index (χ0n) is 8.57. The molecule has 0 unspecified atom stereocenters. The Kier molecular flexibility index (Phi) is 2.97. The Morgan fingerprint density at radius 1 is 1.64 bits per heavy atom. The maximum Gasteiger partial charge on any atom is 0.311 e. The van der Waals surface area contributed by atoms with Crippen LogP contribution in [-0.2, 0) is 4.79 Å². The van der Waals surface area contributed by atoms with Crippen LogP contribution < -0.4 is 5.73 Å². The van der Waals surface area contributed by atoms with Gasteiger partial charge in [-0.15, -0.1) is 11.3 Å². The van der Waals surface area contributed by atoms with Gasteiger partial charge in [0.25, 0.3) is 0 Å². The van der Waals surface area contributed by atoms with Crippen molar-refractivity contribution in [2.24, 2.45) is 11.1 Å². The van der Waals surface area contributed by atoms with Gasteiger partial charge in [-0.1, -0.05) is 0 Å². The number of hydrogen-bond donors (Lipinski definition) is 2. The molecule has 4 heteroatoms. The third kappa shape index (κ3) is 1.96. The first-order chi connectivity index (χ1) is 6.35. The molecule has 1 rings (SSSR count). The monoisotopic (exact) mass is 213 g/mol. The highest BCUT2D eigenvalue weighted by Crippen LogP contribution is 2.34. The number of aryl methyl sites for hydroxylation is 1. The molecule has 0 bridgehead atoms. The Morgan fingerprint density at radius 3 is 2.57 bits per heavy atom. The van der Waals surface area contributed by atoms with Crippen molar-refractivity contribution in [1.29, 1.82) is 0 Å². The van der Waals surface area contributed by atoms with Crippen LogP contribution in [0.5, 0.6) is 0 Å². The van der Waals surface area contributed by atoms with Crippen LogP contribution in [0.3, 0.4) is 0 Å². The molecule has 14 heavy (non-hydrogen) atoms. The zero-order valence-corrected chi connectivity index (χ0v) is 9.39. The standard InChI is InChI=1S/C10H15NO2S/c1-6-4-7(14-5-6)8(11)10(2,3)9(12)13/h4-5,8H,11H2,1-3H3,(H,12,13)/t8-/m1/s1. The molecule has 1 aromatic heterocycles. The van der Waals surface area contributed by atoms with Gasteiger partial charge in [0.15, 0.2) is 0 Å². The van der Waals surface area contributed by atoms with Crippen LogP contribution in [-0.4, -0.2) is 11.1 Å². The molecule has 1 atom stereocenters. The first kappa shape index (κ1) is 11.2. The van der Waals surface area contributed by atoms with Gasteiger partial charge < -0.3 is 10.8 Å². The second-order valence-electron chi connectivity index (χ2n) is 4.03. The summed E-state index contributed by atoms with van der Waals surface area (Å²) >= 11 is 1.51. The van der Waals surface area contributed by atoms with E-state index in [1.165, 1.54) is 11.3 Å². The number of carboxylic acids is 1. The normalized spacial score (nSPS) is 14.0. The van der Waals surface area contributed by atoms with E-state index in [0.29, 0.717) is 0 Å². The van der Waals surface area contributed by atoms with Gasteiger partial charge in [-0.05, 0) is 37.8 Å². The predicted molar refractivity (Wildman–Crippen MR) is 57.4 cm³/mol. The fourth-order valence-corrected chi connectivity index (χ4v) is 2.19. The number of thiophene rings is 1. The number of carbonyl (C=O) groups is 1. The maximum atomic E-state index is 11.0. The van der Waals surface area contributed by atoms with Crippen molar-refractivity contribution in [3.63, 3.8) is 0 Å². The Balaban J connectivity index is 2.95. The molecule has 1 heterocycles. The van der Waals surface area contributed by atoms with Crippen molar-refractivity contribution in [3.05, 3.63) is 21.9 Å². The number of rotatable bonds is 3. The van der Waals surface area contributed by atoms with Crippen LogP contribution in [0.1, 0.15) is 30.3 Å². The average Bonchev–Trinajstić information content (AvgIpc) is 2.50. The molecule has 0 aliphatic carbocycles. The number of carboxylic acid groups (broad SMARTS) is 1. The van der Waals surface area contributed by atoms with Gasteiger partial charge in [0.05, 0.1) is 11.5 Å². The van der Waals surface area contributed by atoms with Crippen molar-refractivity contribution in [1.82, 2.24) is 0 Å². The third-order valence-electron chi connectivity index (χ3n) is 2.39. The molecule has 0 saturated carbocycles. The summed E-state index contributed by atoms with van der Waals surface area (Å²) in [4.78, 5) is 11.9. The Morgan fingerprint density at radius 2 is 2.21 bits per heavy atom. The lowest BCUT2D eigenvalue weighted by Crippen LogP contribution is -2.35. The molecule has 0 aliphatic heterocycles. The van der Waals surface area contributed by atoms with Crippen molar-refractivity contribution in [2.75, 3.05) is 0 Å². The Bertz CT molecular complexity index is 344. The van der Waals surface area contributed by atoms with Gasteiger partial charge in [0.1, 0.15) is 0 Å². The van der Waals surface area contributed by atoms with Crippen LogP contribution in [0.15, 0.2) is 11.4 Å². The molecule has 0 saturated heterocycles. The quantitative estimate of drug-likeness (QED) is 0.808. The average molecular weight is 213 g/mol. The molecule has 0 fully saturated rings. The molecule has 3 N–H and O–H groups in total.